The summed E-state index contributed by atoms with van der Waals surface area (Å²) in [5.41, 5.74) is 1.04. The minimum Gasteiger partial charge on any atom is -0.311 e. The second-order valence-electron chi connectivity index (χ2n) is 5.85. The van der Waals surface area contributed by atoms with Gasteiger partial charge in [0.25, 0.3) is 0 Å². The Morgan fingerprint density at radius 2 is 2.19 bits per heavy atom. The van der Waals surface area contributed by atoms with Gasteiger partial charge in [-0.1, -0.05) is 32.1 Å². The Bertz CT molecular complexity index is 440. The molecule has 2 rings (SSSR count). The molecule has 0 bridgehead atoms. The van der Waals surface area contributed by atoms with Gasteiger partial charge in [-0.05, 0) is 25.8 Å². The molecule has 1 saturated carbocycles. The molecule has 0 atom stereocenters. The summed E-state index contributed by atoms with van der Waals surface area (Å²) in [6.07, 6.45) is 8.36. The van der Waals surface area contributed by atoms with Crippen molar-refractivity contribution in [3.63, 3.8) is 0 Å². The van der Waals surface area contributed by atoms with E-state index in [0.717, 1.165) is 29.8 Å². The largest absolute Gasteiger partial charge is 0.311 e. The van der Waals surface area contributed by atoms with Gasteiger partial charge < -0.3 is 5.32 Å². The number of nitrogens with zero attached hydrogens (tertiary/aromatic N) is 2. The molecule has 21 heavy (non-hydrogen) atoms. The van der Waals surface area contributed by atoms with E-state index in [4.69, 9.17) is 0 Å². The van der Waals surface area contributed by atoms with Gasteiger partial charge in [-0.3, -0.25) is 9.69 Å². The molecule has 0 spiro atoms. The zero-order valence-corrected chi connectivity index (χ0v) is 14.0. The van der Waals surface area contributed by atoms with Crippen molar-refractivity contribution in [3.05, 3.63) is 11.1 Å². The van der Waals surface area contributed by atoms with Gasteiger partial charge in [0.1, 0.15) is 0 Å². The molecule has 0 radical (unpaired) electrons. The van der Waals surface area contributed by atoms with Crippen molar-refractivity contribution in [1.82, 2.24) is 10.3 Å². The van der Waals surface area contributed by atoms with Crippen LogP contribution in [-0.2, 0) is 11.3 Å². The van der Waals surface area contributed by atoms with Crippen molar-refractivity contribution in [1.29, 1.82) is 0 Å². The number of carbonyl (C=O) groups is 1. The van der Waals surface area contributed by atoms with Gasteiger partial charge in [0, 0.05) is 25.4 Å². The average molecular weight is 309 g/mol. The zero-order valence-electron chi connectivity index (χ0n) is 13.2. The molecule has 1 aliphatic carbocycles. The second-order valence-corrected chi connectivity index (χ2v) is 6.69. The van der Waals surface area contributed by atoms with Crippen LogP contribution in [0.3, 0.4) is 0 Å². The monoisotopic (exact) mass is 309 g/mol. The predicted molar refractivity (Wildman–Crippen MR) is 88.7 cm³/mol. The highest BCUT2D eigenvalue weighted by Gasteiger charge is 2.14. The maximum Gasteiger partial charge on any atom is 0.225 e. The summed E-state index contributed by atoms with van der Waals surface area (Å²) in [5.74, 6) is 0.981. The number of nitrogens with one attached hydrogen (secondary N) is 1. The van der Waals surface area contributed by atoms with Gasteiger partial charge in [-0.15, -0.1) is 11.3 Å². The molecule has 0 aromatic carbocycles. The summed E-state index contributed by atoms with van der Waals surface area (Å²) in [6.45, 7) is 6.12. The van der Waals surface area contributed by atoms with E-state index < -0.39 is 0 Å². The molecule has 0 aliphatic heterocycles. The van der Waals surface area contributed by atoms with Gasteiger partial charge in [0.15, 0.2) is 5.13 Å². The SMILES string of the molecule is CCN(C(C)=O)c1nc(CNCCC2CCCCC2)cs1. The van der Waals surface area contributed by atoms with E-state index in [9.17, 15) is 4.79 Å². The molecule has 118 valence electrons. The molecule has 1 amide bonds. The highest BCUT2D eigenvalue weighted by Crippen LogP contribution is 2.26. The third kappa shape index (κ3) is 5.08. The summed E-state index contributed by atoms with van der Waals surface area (Å²) in [5, 5.41) is 6.35. The van der Waals surface area contributed by atoms with Crippen LogP contribution in [0.2, 0.25) is 0 Å². The van der Waals surface area contributed by atoms with Crippen LogP contribution in [0.15, 0.2) is 5.38 Å². The van der Waals surface area contributed by atoms with E-state index in [1.165, 1.54) is 38.5 Å². The van der Waals surface area contributed by atoms with Crippen molar-refractivity contribution in [3.8, 4) is 0 Å². The lowest BCUT2D eigenvalue weighted by Crippen LogP contribution is -2.27. The number of rotatable bonds is 7. The summed E-state index contributed by atoms with van der Waals surface area (Å²) in [7, 11) is 0. The standard InChI is InChI=1S/C16H27N3OS/c1-3-19(13(2)20)16-18-15(12-21-16)11-17-10-9-14-7-5-4-6-8-14/h12,14,17H,3-11H2,1-2H3. The van der Waals surface area contributed by atoms with E-state index in [0.29, 0.717) is 6.54 Å². The van der Waals surface area contributed by atoms with Gasteiger partial charge in [-0.25, -0.2) is 4.98 Å². The highest BCUT2D eigenvalue weighted by atomic mass is 32.1. The first-order valence-corrected chi connectivity index (χ1v) is 9.02. The first-order chi connectivity index (χ1) is 10.2. The summed E-state index contributed by atoms with van der Waals surface area (Å²) >= 11 is 1.55. The Kier molecular flexibility index (Phi) is 6.64. The molecule has 5 heteroatoms. The van der Waals surface area contributed by atoms with Crippen LogP contribution in [0.5, 0.6) is 0 Å². The third-order valence-electron chi connectivity index (χ3n) is 4.23. The van der Waals surface area contributed by atoms with Crippen molar-refractivity contribution < 1.29 is 4.79 Å². The van der Waals surface area contributed by atoms with Crippen molar-refractivity contribution in [2.24, 2.45) is 5.92 Å². The molecule has 1 fully saturated rings. The fourth-order valence-electron chi connectivity index (χ4n) is 2.99. The van der Waals surface area contributed by atoms with Gasteiger partial charge in [0.05, 0.1) is 5.69 Å². The van der Waals surface area contributed by atoms with Crippen LogP contribution in [0.4, 0.5) is 5.13 Å². The summed E-state index contributed by atoms with van der Waals surface area (Å²) in [6, 6.07) is 0. The lowest BCUT2D eigenvalue weighted by Gasteiger charge is -2.21. The Hall–Kier alpha value is -0.940. The molecule has 0 saturated heterocycles. The van der Waals surface area contributed by atoms with Crippen molar-refractivity contribution in [2.45, 2.75) is 58.9 Å². The Balaban J connectivity index is 1.71. The predicted octanol–water partition coefficient (Wildman–Crippen LogP) is 3.58. The van der Waals surface area contributed by atoms with Crippen molar-refractivity contribution >= 4 is 22.4 Å². The molecule has 1 aromatic rings. The lowest BCUT2D eigenvalue weighted by molar-refractivity contribution is -0.116. The maximum absolute atomic E-state index is 11.5. The Morgan fingerprint density at radius 3 is 2.86 bits per heavy atom. The Labute approximate surface area is 132 Å². The van der Waals surface area contributed by atoms with Crippen LogP contribution >= 0.6 is 11.3 Å². The molecule has 1 N–H and O–H groups in total. The number of amides is 1. The van der Waals surface area contributed by atoms with Crippen LogP contribution in [0.25, 0.3) is 0 Å². The lowest BCUT2D eigenvalue weighted by atomic mass is 9.87. The second kappa shape index (κ2) is 8.49. The summed E-state index contributed by atoms with van der Waals surface area (Å²) in [4.78, 5) is 17.8. The smallest absolute Gasteiger partial charge is 0.225 e. The van der Waals surface area contributed by atoms with Crippen LogP contribution in [-0.4, -0.2) is 24.0 Å². The topological polar surface area (TPSA) is 45.2 Å². The van der Waals surface area contributed by atoms with Crippen LogP contribution in [0.1, 0.15) is 58.1 Å². The van der Waals surface area contributed by atoms with Crippen LogP contribution in [0, 0.1) is 5.92 Å². The highest BCUT2D eigenvalue weighted by molar-refractivity contribution is 7.14. The third-order valence-corrected chi connectivity index (χ3v) is 5.14. The quantitative estimate of drug-likeness (QED) is 0.783. The number of hydrogen-bond acceptors (Lipinski definition) is 4. The van der Waals surface area contributed by atoms with E-state index in [2.05, 4.69) is 15.7 Å². The number of thiazole rings is 1. The molecule has 1 aromatic heterocycles. The van der Waals surface area contributed by atoms with E-state index >= 15 is 0 Å². The number of hydrogen-bond donors (Lipinski definition) is 1. The minimum atomic E-state index is 0.0589. The number of anilines is 1. The zero-order chi connectivity index (χ0) is 15.1. The molecule has 4 nitrogen and oxygen atoms in total. The molecular formula is C16H27N3OS. The molecular weight excluding hydrogens is 282 g/mol. The number of carbonyl (C=O) groups excluding carboxylic acids is 1. The minimum absolute atomic E-state index is 0.0589. The van der Waals surface area contributed by atoms with E-state index in [1.54, 1.807) is 23.2 Å². The molecule has 1 aliphatic rings. The maximum atomic E-state index is 11.5. The average Bonchev–Trinajstić information content (AvgIpc) is 2.94. The van der Waals surface area contributed by atoms with Crippen LogP contribution < -0.4 is 10.2 Å². The fraction of sp³-hybridized carbons (Fsp3) is 0.750. The van der Waals surface area contributed by atoms with Gasteiger partial charge in [0.2, 0.25) is 5.91 Å². The molecule has 0 unspecified atom stereocenters. The molecule has 1 heterocycles. The normalized spacial score (nSPS) is 16.1. The first kappa shape index (κ1) is 16.4. The van der Waals surface area contributed by atoms with E-state index in [1.807, 2.05) is 6.92 Å². The number of aromatic nitrogens is 1. The summed E-state index contributed by atoms with van der Waals surface area (Å²) < 4.78 is 0. The fourth-order valence-corrected chi connectivity index (χ4v) is 3.92. The first-order valence-electron chi connectivity index (χ1n) is 8.14. The van der Waals surface area contributed by atoms with Crippen molar-refractivity contribution in [2.75, 3.05) is 18.0 Å². The van der Waals surface area contributed by atoms with Gasteiger partial charge in [-0.2, -0.15) is 0 Å². The van der Waals surface area contributed by atoms with Gasteiger partial charge >= 0.3 is 0 Å². The van der Waals surface area contributed by atoms with E-state index in [-0.39, 0.29) is 5.91 Å². The Morgan fingerprint density at radius 1 is 1.43 bits per heavy atom.